The van der Waals surface area contributed by atoms with E-state index in [9.17, 15) is 0 Å². The number of hydrogen-bond donors (Lipinski definition) is 1. The first-order valence-electron chi connectivity index (χ1n) is 5.84. The molecule has 0 spiro atoms. The minimum absolute atomic E-state index is 0.427. The molecule has 1 rings (SSSR count). The van der Waals surface area contributed by atoms with Gasteiger partial charge in [0.2, 0.25) is 0 Å². The second-order valence-corrected chi connectivity index (χ2v) is 5.17. The van der Waals surface area contributed by atoms with Crippen LogP contribution >= 0.6 is 15.9 Å². The first-order valence-corrected chi connectivity index (χ1v) is 6.63. The lowest BCUT2D eigenvalue weighted by Crippen LogP contribution is -2.34. The van der Waals surface area contributed by atoms with Gasteiger partial charge in [0.1, 0.15) is 0 Å². The summed E-state index contributed by atoms with van der Waals surface area (Å²) >= 11 is 3.48. The van der Waals surface area contributed by atoms with Gasteiger partial charge in [-0.05, 0) is 37.6 Å². The zero-order valence-corrected chi connectivity index (χ0v) is 12.3. The maximum Gasteiger partial charge on any atom is 0.0637 e. The highest BCUT2D eigenvalue weighted by molar-refractivity contribution is 9.10. The van der Waals surface area contributed by atoms with Crippen molar-refractivity contribution in [2.75, 3.05) is 25.2 Å². The van der Waals surface area contributed by atoms with Gasteiger partial charge in [0, 0.05) is 36.4 Å². The summed E-state index contributed by atoms with van der Waals surface area (Å²) in [5, 5.41) is 0. The van der Waals surface area contributed by atoms with E-state index in [2.05, 4.69) is 52.9 Å². The molecular weight excluding hydrogens is 280 g/mol. The van der Waals surface area contributed by atoms with Gasteiger partial charge in [-0.15, -0.1) is 0 Å². The SMILES string of the molecule is COCCN(c1ccc(Br)cc1CN)C(C)C. The van der Waals surface area contributed by atoms with Crippen molar-refractivity contribution in [2.45, 2.75) is 26.4 Å². The molecule has 0 heterocycles. The highest BCUT2D eigenvalue weighted by Crippen LogP contribution is 2.25. The number of anilines is 1. The molecule has 96 valence electrons. The number of ether oxygens (including phenoxy) is 1. The van der Waals surface area contributed by atoms with E-state index in [1.165, 1.54) is 5.69 Å². The standard InChI is InChI=1S/C13H21BrN2O/c1-10(2)16(6-7-17-3)13-5-4-12(14)8-11(13)9-15/h4-5,8,10H,6-7,9,15H2,1-3H3. The molecule has 17 heavy (non-hydrogen) atoms. The average Bonchev–Trinajstić information content (AvgIpc) is 2.30. The van der Waals surface area contributed by atoms with Crippen LogP contribution in [0.3, 0.4) is 0 Å². The van der Waals surface area contributed by atoms with Gasteiger partial charge in [-0.1, -0.05) is 15.9 Å². The molecule has 0 fully saturated rings. The highest BCUT2D eigenvalue weighted by Gasteiger charge is 2.13. The van der Waals surface area contributed by atoms with Crippen molar-refractivity contribution in [3.05, 3.63) is 28.2 Å². The summed E-state index contributed by atoms with van der Waals surface area (Å²) < 4.78 is 6.23. The number of nitrogens with zero attached hydrogens (tertiary/aromatic N) is 1. The van der Waals surface area contributed by atoms with E-state index >= 15 is 0 Å². The fourth-order valence-electron chi connectivity index (χ4n) is 1.84. The monoisotopic (exact) mass is 300 g/mol. The Morgan fingerprint density at radius 2 is 2.12 bits per heavy atom. The number of hydrogen-bond acceptors (Lipinski definition) is 3. The van der Waals surface area contributed by atoms with Crippen molar-refractivity contribution >= 4 is 21.6 Å². The minimum Gasteiger partial charge on any atom is -0.383 e. The molecule has 0 unspecified atom stereocenters. The van der Waals surface area contributed by atoms with Gasteiger partial charge in [0.15, 0.2) is 0 Å². The van der Waals surface area contributed by atoms with E-state index in [-0.39, 0.29) is 0 Å². The molecule has 1 aromatic rings. The summed E-state index contributed by atoms with van der Waals surface area (Å²) in [6.45, 7) is 6.50. The van der Waals surface area contributed by atoms with E-state index in [1.54, 1.807) is 7.11 Å². The molecule has 0 atom stereocenters. The van der Waals surface area contributed by atoms with E-state index in [0.29, 0.717) is 12.6 Å². The molecule has 0 aliphatic heterocycles. The molecule has 0 amide bonds. The molecular formula is C13H21BrN2O. The third-order valence-corrected chi connectivity index (χ3v) is 3.22. The van der Waals surface area contributed by atoms with Crippen molar-refractivity contribution < 1.29 is 4.74 Å². The maximum absolute atomic E-state index is 5.81. The Kier molecular flexibility index (Phi) is 5.95. The average molecular weight is 301 g/mol. The second kappa shape index (κ2) is 6.99. The number of benzene rings is 1. The summed E-state index contributed by atoms with van der Waals surface area (Å²) in [5.41, 5.74) is 8.16. The smallest absolute Gasteiger partial charge is 0.0637 e. The molecule has 0 aliphatic carbocycles. The Labute approximate surface area is 112 Å². The van der Waals surface area contributed by atoms with E-state index < -0.39 is 0 Å². The third kappa shape index (κ3) is 3.98. The second-order valence-electron chi connectivity index (χ2n) is 4.26. The Morgan fingerprint density at radius 1 is 1.41 bits per heavy atom. The molecule has 0 aromatic heterocycles. The van der Waals surface area contributed by atoms with Crippen LogP contribution in [0.25, 0.3) is 0 Å². The van der Waals surface area contributed by atoms with Crippen molar-refractivity contribution in [1.29, 1.82) is 0 Å². The summed E-state index contributed by atoms with van der Waals surface area (Å²) in [4.78, 5) is 2.32. The van der Waals surface area contributed by atoms with E-state index in [4.69, 9.17) is 10.5 Å². The van der Waals surface area contributed by atoms with Crippen LogP contribution in [0.4, 0.5) is 5.69 Å². The number of methoxy groups -OCH3 is 1. The molecule has 1 aromatic carbocycles. The Balaban J connectivity index is 3.00. The van der Waals surface area contributed by atoms with Crippen molar-refractivity contribution in [3.8, 4) is 0 Å². The number of rotatable bonds is 6. The van der Waals surface area contributed by atoms with Crippen molar-refractivity contribution in [3.63, 3.8) is 0 Å². The molecule has 0 bridgehead atoms. The van der Waals surface area contributed by atoms with Gasteiger partial charge in [-0.3, -0.25) is 0 Å². The lowest BCUT2D eigenvalue weighted by atomic mass is 10.1. The fourth-order valence-corrected chi connectivity index (χ4v) is 2.25. The predicted molar refractivity (Wildman–Crippen MR) is 76.4 cm³/mol. The van der Waals surface area contributed by atoms with Crippen LogP contribution in [0.15, 0.2) is 22.7 Å². The first-order chi connectivity index (χ1) is 8.10. The third-order valence-electron chi connectivity index (χ3n) is 2.73. The number of nitrogens with two attached hydrogens (primary N) is 1. The predicted octanol–water partition coefficient (Wildman–Crippen LogP) is 2.77. The maximum atomic E-state index is 5.81. The first kappa shape index (κ1) is 14.5. The normalized spacial score (nSPS) is 10.9. The van der Waals surface area contributed by atoms with Crippen LogP contribution in [0.5, 0.6) is 0 Å². The fraction of sp³-hybridized carbons (Fsp3) is 0.538. The van der Waals surface area contributed by atoms with Crippen LogP contribution in [-0.4, -0.2) is 26.3 Å². The van der Waals surface area contributed by atoms with Crippen LogP contribution < -0.4 is 10.6 Å². The van der Waals surface area contributed by atoms with Gasteiger partial charge in [0.05, 0.1) is 6.61 Å². The summed E-state index contributed by atoms with van der Waals surface area (Å²) in [5.74, 6) is 0. The van der Waals surface area contributed by atoms with Crippen LogP contribution in [0.2, 0.25) is 0 Å². The molecule has 3 nitrogen and oxygen atoms in total. The van der Waals surface area contributed by atoms with Gasteiger partial charge in [-0.2, -0.15) is 0 Å². The van der Waals surface area contributed by atoms with Crippen LogP contribution in [-0.2, 0) is 11.3 Å². The highest BCUT2D eigenvalue weighted by atomic mass is 79.9. The van der Waals surface area contributed by atoms with Crippen molar-refractivity contribution in [1.82, 2.24) is 0 Å². The largest absolute Gasteiger partial charge is 0.383 e. The summed E-state index contributed by atoms with van der Waals surface area (Å²) in [7, 11) is 1.73. The minimum atomic E-state index is 0.427. The lowest BCUT2D eigenvalue weighted by molar-refractivity contribution is 0.204. The van der Waals surface area contributed by atoms with Gasteiger partial charge >= 0.3 is 0 Å². The van der Waals surface area contributed by atoms with Crippen LogP contribution in [0, 0.1) is 0 Å². The molecule has 0 radical (unpaired) electrons. The molecule has 0 saturated carbocycles. The van der Waals surface area contributed by atoms with Gasteiger partial charge in [-0.25, -0.2) is 0 Å². The zero-order chi connectivity index (χ0) is 12.8. The Hall–Kier alpha value is -0.580. The molecule has 0 saturated heterocycles. The summed E-state index contributed by atoms with van der Waals surface area (Å²) in [6.07, 6.45) is 0. The zero-order valence-electron chi connectivity index (χ0n) is 10.7. The summed E-state index contributed by atoms with van der Waals surface area (Å²) in [6, 6.07) is 6.67. The Morgan fingerprint density at radius 3 is 2.65 bits per heavy atom. The van der Waals surface area contributed by atoms with E-state index in [0.717, 1.165) is 23.2 Å². The Bertz CT molecular complexity index is 355. The molecule has 0 aliphatic rings. The van der Waals surface area contributed by atoms with E-state index in [1.807, 2.05) is 0 Å². The quantitative estimate of drug-likeness (QED) is 0.878. The topological polar surface area (TPSA) is 38.5 Å². The van der Waals surface area contributed by atoms with Crippen LogP contribution in [0.1, 0.15) is 19.4 Å². The lowest BCUT2D eigenvalue weighted by Gasteiger charge is -2.30. The van der Waals surface area contributed by atoms with Gasteiger partial charge in [0.25, 0.3) is 0 Å². The molecule has 4 heteroatoms. The molecule has 2 N–H and O–H groups in total. The van der Waals surface area contributed by atoms with Gasteiger partial charge < -0.3 is 15.4 Å². The van der Waals surface area contributed by atoms with Crippen molar-refractivity contribution in [2.24, 2.45) is 5.73 Å². The number of halogens is 1.